The average molecular weight is 653 g/mol. The number of nitriles is 3. The molecule has 0 saturated heterocycles. The number of aromatic nitrogens is 1. The molecule has 0 aliphatic carbocycles. The van der Waals surface area contributed by atoms with Gasteiger partial charge in [-0.3, -0.25) is 0 Å². The van der Waals surface area contributed by atoms with E-state index >= 15 is 0 Å². The molecule has 0 amide bonds. The first-order valence-corrected chi connectivity index (χ1v) is 18.4. The quantitative estimate of drug-likeness (QED) is 0.138. The van der Waals surface area contributed by atoms with Crippen LogP contribution >= 0.6 is 0 Å². The number of benzene rings is 7. The molecule has 0 fully saturated rings. The Morgan fingerprint density at radius 2 is 0.980 bits per heavy atom. The van der Waals surface area contributed by atoms with E-state index in [2.05, 4.69) is 114 Å². The van der Waals surface area contributed by atoms with Gasteiger partial charge >= 0.3 is 0 Å². The summed E-state index contributed by atoms with van der Waals surface area (Å²) in [7, 11) is -2.87. The lowest BCUT2D eigenvalue weighted by molar-refractivity contribution is 1.17. The Morgan fingerprint density at radius 3 is 1.58 bits per heavy atom. The first kappa shape index (κ1) is 30.4. The van der Waals surface area contributed by atoms with E-state index in [4.69, 9.17) is 0 Å². The minimum atomic E-state index is -2.87. The highest BCUT2D eigenvalue weighted by Gasteiger charge is 2.41. The van der Waals surface area contributed by atoms with Gasteiger partial charge in [0.15, 0.2) is 8.07 Å². The number of nitrogens with zero attached hydrogens (tertiary/aromatic N) is 4. The summed E-state index contributed by atoms with van der Waals surface area (Å²) in [6, 6.07) is 64.9. The maximum absolute atomic E-state index is 10.9. The number of hydrogen-bond donors (Lipinski definition) is 0. The molecule has 0 bridgehead atoms. The van der Waals surface area contributed by atoms with Crippen LogP contribution in [0.2, 0.25) is 0 Å². The normalized spacial score (nSPS) is 11.1. The Morgan fingerprint density at radius 1 is 0.400 bits per heavy atom. The van der Waals surface area contributed by atoms with Crippen LogP contribution in [0.25, 0.3) is 38.6 Å². The van der Waals surface area contributed by atoms with Crippen molar-refractivity contribution in [3.8, 4) is 35.0 Å². The molecule has 1 heterocycles. The first-order valence-electron chi connectivity index (χ1n) is 16.4. The summed E-state index contributed by atoms with van der Waals surface area (Å²) in [6.07, 6.45) is 0. The van der Waals surface area contributed by atoms with Crippen molar-refractivity contribution in [2.75, 3.05) is 0 Å². The maximum atomic E-state index is 10.9. The zero-order chi connectivity index (χ0) is 34.1. The second-order valence-corrected chi connectivity index (χ2v) is 16.0. The third-order valence-corrected chi connectivity index (χ3v) is 14.4. The highest BCUT2D eigenvalue weighted by atomic mass is 28.3. The van der Waals surface area contributed by atoms with Crippen LogP contribution in [-0.2, 0) is 0 Å². The van der Waals surface area contributed by atoms with E-state index in [9.17, 15) is 15.8 Å². The van der Waals surface area contributed by atoms with E-state index in [1.165, 1.54) is 15.6 Å². The van der Waals surface area contributed by atoms with Crippen molar-refractivity contribution >= 4 is 50.6 Å². The van der Waals surface area contributed by atoms with Crippen molar-refractivity contribution in [1.82, 2.24) is 4.57 Å². The molecular formula is C45H28N4Si. The van der Waals surface area contributed by atoms with Crippen LogP contribution in [0.1, 0.15) is 16.7 Å². The molecule has 5 heteroatoms. The molecule has 0 saturated carbocycles. The number of fused-ring (bicyclic) bond motifs is 3. The smallest absolute Gasteiger partial charge is 0.179 e. The molecular weight excluding hydrogens is 625 g/mol. The topological polar surface area (TPSA) is 76.3 Å². The van der Waals surface area contributed by atoms with Gasteiger partial charge in [0.25, 0.3) is 0 Å². The Labute approximate surface area is 291 Å². The highest BCUT2D eigenvalue weighted by Crippen LogP contribution is 2.39. The second-order valence-electron chi connectivity index (χ2n) is 12.2. The molecule has 0 atom stereocenters. The van der Waals surface area contributed by atoms with E-state index in [0.717, 1.165) is 38.1 Å². The lowest BCUT2D eigenvalue weighted by Gasteiger charge is -2.34. The van der Waals surface area contributed by atoms with Gasteiger partial charge in [-0.05, 0) is 57.1 Å². The van der Waals surface area contributed by atoms with E-state index in [0.29, 0.717) is 22.4 Å². The number of hydrogen-bond acceptors (Lipinski definition) is 3. The standard InChI is InChI=1S/C45H28N4Si/c46-29-32-23-26-44-42(27-32)40-20-10-11-22-43(40)49(44)45-33(30-47)13-12-21-41(45)39-25-24-38(28-34(39)31-48)50(35-14-4-1-5-15-35,36-16-6-2-7-17-36)37-18-8-3-9-19-37/h1-28H. The van der Waals surface area contributed by atoms with E-state index in [1.807, 2.05) is 78.9 Å². The molecule has 1 aromatic heterocycles. The second kappa shape index (κ2) is 12.6. The van der Waals surface area contributed by atoms with Gasteiger partial charge < -0.3 is 4.57 Å². The van der Waals surface area contributed by atoms with Crippen LogP contribution < -0.4 is 20.7 Å². The molecule has 8 rings (SSSR count). The van der Waals surface area contributed by atoms with Crippen molar-refractivity contribution in [1.29, 1.82) is 15.8 Å². The zero-order valence-electron chi connectivity index (χ0n) is 27.0. The Kier molecular flexibility index (Phi) is 7.63. The fourth-order valence-corrected chi connectivity index (χ4v) is 12.3. The molecule has 0 unspecified atom stereocenters. The van der Waals surface area contributed by atoms with Crippen molar-refractivity contribution in [2.45, 2.75) is 0 Å². The number of rotatable bonds is 6. The van der Waals surface area contributed by atoms with Crippen LogP contribution in [-0.4, -0.2) is 12.6 Å². The molecule has 0 aliphatic rings. The molecule has 8 aromatic rings. The minimum absolute atomic E-state index is 0.490. The van der Waals surface area contributed by atoms with Gasteiger partial charge in [-0.15, -0.1) is 0 Å². The third kappa shape index (κ3) is 4.72. The van der Waals surface area contributed by atoms with Gasteiger partial charge in [-0.2, -0.15) is 15.8 Å². The maximum Gasteiger partial charge on any atom is 0.179 e. The van der Waals surface area contributed by atoms with Gasteiger partial charge in [0.1, 0.15) is 6.07 Å². The summed E-state index contributed by atoms with van der Waals surface area (Å²) in [5, 5.41) is 37.8. The Hall–Kier alpha value is -6.97. The molecule has 0 spiro atoms. The van der Waals surface area contributed by atoms with E-state index < -0.39 is 8.07 Å². The van der Waals surface area contributed by atoms with Gasteiger partial charge in [0.05, 0.1) is 45.5 Å². The lowest BCUT2D eigenvalue weighted by Crippen LogP contribution is -2.74. The highest BCUT2D eigenvalue weighted by molar-refractivity contribution is 7.19. The predicted octanol–water partition coefficient (Wildman–Crippen LogP) is 7.44. The Bertz CT molecular complexity index is 2580. The summed E-state index contributed by atoms with van der Waals surface area (Å²) in [6.45, 7) is 0. The largest absolute Gasteiger partial charge is 0.307 e. The SMILES string of the molecule is N#Cc1ccc2c(c1)c1ccccc1n2-c1c(C#N)cccc1-c1ccc([Si](c2ccccc2)(c2ccccc2)c2ccccc2)cc1C#N. The van der Waals surface area contributed by atoms with Crippen LogP contribution in [0.15, 0.2) is 170 Å². The molecule has 232 valence electrons. The van der Waals surface area contributed by atoms with Gasteiger partial charge in [0, 0.05) is 21.9 Å². The van der Waals surface area contributed by atoms with Crippen LogP contribution in [0, 0.1) is 34.0 Å². The molecule has 0 N–H and O–H groups in total. The van der Waals surface area contributed by atoms with Crippen molar-refractivity contribution in [2.24, 2.45) is 0 Å². The van der Waals surface area contributed by atoms with Crippen molar-refractivity contribution in [3.63, 3.8) is 0 Å². The summed E-state index contributed by atoms with van der Waals surface area (Å²) in [5.74, 6) is 0. The number of para-hydroxylation sites is 2. The van der Waals surface area contributed by atoms with Gasteiger partial charge in [-0.25, -0.2) is 0 Å². The van der Waals surface area contributed by atoms with Crippen LogP contribution in [0.4, 0.5) is 0 Å². The van der Waals surface area contributed by atoms with Gasteiger partial charge in [-0.1, -0.05) is 133 Å². The van der Waals surface area contributed by atoms with Crippen molar-refractivity contribution in [3.05, 3.63) is 187 Å². The molecule has 7 aromatic carbocycles. The average Bonchev–Trinajstić information content (AvgIpc) is 3.52. The fourth-order valence-electron chi connectivity index (χ4n) is 7.54. The monoisotopic (exact) mass is 652 g/mol. The van der Waals surface area contributed by atoms with Crippen LogP contribution in [0.5, 0.6) is 0 Å². The fraction of sp³-hybridized carbons (Fsp3) is 0. The zero-order valence-corrected chi connectivity index (χ0v) is 28.0. The van der Waals surface area contributed by atoms with Crippen molar-refractivity contribution < 1.29 is 0 Å². The third-order valence-electron chi connectivity index (χ3n) is 9.67. The molecule has 0 aliphatic heterocycles. The lowest BCUT2D eigenvalue weighted by atomic mass is 9.96. The predicted molar refractivity (Wildman–Crippen MR) is 204 cm³/mol. The van der Waals surface area contributed by atoms with Gasteiger partial charge in [0.2, 0.25) is 0 Å². The summed E-state index contributed by atoms with van der Waals surface area (Å²) in [5.41, 5.74) is 5.63. The van der Waals surface area contributed by atoms with E-state index in [-0.39, 0.29) is 0 Å². The molecule has 4 nitrogen and oxygen atoms in total. The summed E-state index contributed by atoms with van der Waals surface area (Å²) >= 11 is 0. The van der Waals surface area contributed by atoms with E-state index in [1.54, 1.807) is 0 Å². The first-order chi connectivity index (χ1) is 24.7. The Balaban J connectivity index is 1.43. The van der Waals surface area contributed by atoms with Crippen LogP contribution in [0.3, 0.4) is 0 Å². The minimum Gasteiger partial charge on any atom is -0.307 e. The summed E-state index contributed by atoms with van der Waals surface area (Å²) in [4.78, 5) is 0. The molecule has 50 heavy (non-hydrogen) atoms. The molecule has 0 radical (unpaired) electrons. The summed E-state index contributed by atoms with van der Waals surface area (Å²) < 4.78 is 2.10.